The second kappa shape index (κ2) is 2.35. The minimum Gasteiger partial charge on any atom is -0.208 e. The van der Waals surface area contributed by atoms with Crippen LogP contribution in [-0.2, 0) is 11.3 Å². The lowest BCUT2D eigenvalue weighted by Crippen LogP contribution is -1.61. The van der Waals surface area contributed by atoms with Crippen molar-refractivity contribution in [3.8, 4) is 0 Å². The van der Waals surface area contributed by atoms with Gasteiger partial charge in [-0.3, -0.25) is 0 Å². The Morgan fingerprint density at radius 3 is 2.20 bits per heavy atom. The molecule has 0 unspecified atom stereocenters. The van der Waals surface area contributed by atoms with Gasteiger partial charge in [0.05, 0.1) is 0 Å². The average molecular weight is 115 g/mol. The van der Waals surface area contributed by atoms with Crippen LogP contribution < -0.4 is 0 Å². The van der Waals surface area contributed by atoms with Crippen molar-refractivity contribution in [3.63, 3.8) is 0 Å². The fraction of sp³-hybridized carbons (Fsp3) is 0. The Morgan fingerprint density at radius 1 is 2.00 bits per heavy atom. The van der Waals surface area contributed by atoms with Gasteiger partial charge in [0.2, 0.25) is 0 Å². The highest BCUT2D eigenvalue weighted by atomic mass is 35.5. The third-order valence-electron chi connectivity index (χ3n) is 0.0630. The van der Waals surface area contributed by atoms with Crippen LogP contribution in [0.2, 0.25) is 0 Å². The Bertz CT molecular complexity index is 71.7. The quantitative estimate of drug-likeness (QED) is 0.331. The van der Waals surface area contributed by atoms with Crippen molar-refractivity contribution in [3.05, 3.63) is 0 Å². The van der Waals surface area contributed by atoms with Gasteiger partial charge in [-0.2, -0.15) is 4.39 Å². The molecule has 0 fully saturated rings. The van der Waals surface area contributed by atoms with Gasteiger partial charge < -0.3 is 0 Å². The summed E-state index contributed by atoms with van der Waals surface area (Å²) in [6, 6.07) is 0. The van der Waals surface area contributed by atoms with Gasteiger partial charge in [0.15, 0.2) is 0 Å². The molecule has 0 bridgehead atoms. The number of halogens is 2. The summed E-state index contributed by atoms with van der Waals surface area (Å²) in [5.74, 6) is 0. The van der Waals surface area contributed by atoms with E-state index < -0.39 is 4.58 Å². The summed E-state index contributed by atoms with van der Waals surface area (Å²) in [5.41, 5.74) is 0. The van der Waals surface area contributed by atoms with Gasteiger partial charge in [-0.25, -0.2) is 4.21 Å². The first kappa shape index (κ1) is 5.11. The van der Waals surface area contributed by atoms with Crippen LogP contribution in [0.1, 0.15) is 0 Å². The maximum atomic E-state index is 10.8. The van der Waals surface area contributed by atoms with Crippen molar-refractivity contribution >= 4 is 27.4 Å². The van der Waals surface area contributed by atoms with E-state index in [1.54, 1.807) is 0 Å². The molecule has 0 saturated heterocycles. The summed E-state index contributed by atoms with van der Waals surface area (Å²) >= 11 is 4.01. The lowest BCUT2D eigenvalue weighted by atomic mass is 11.8. The second-order valence-corrected chi connectivity index (χ2v) is 1.39. The SMILES string of the molecule is O=S=C(F)Cl. The van der Waals surface area contributed by atoms with E-state index in [0.29, 0.717) is 0 Å². The first-order chi connectivity index (χ1) is 2.27. The fourth-order valence-electron chi connectivity index (χ4n) is 0. The third-order valence-corrected chi connectivity index (χ3v) is 0.378. The van der Waals surface area contributed by atoms with Crippen molar-refractivity contribution in [2.45, 2.75) is 0 Å². The summed E-state index contributed by atoms with van der Waals surface area (Å²) in [6.45, 7) is 0. The summed E-state index contributed by atoms with van der Waals surface area (Å²) in [5, 5.41) is 0. The molecule has 0 radical (unpaired) electrons. The highest BCUT2D eigenvalue weighted by Gasteiger charge is 1.74. The van der Waals surface area contributed by atoms with Crippen LogP contribution in [0.25, 0.3) is 0 Å². The van der Waals surface area contributed by atoms with Crippen molar-refractivity contribution in [2.75, 3.05) is 0 Å². The van der Waals surface area contributed by atoms with E-state index in [4.69, 9.17) is 4.21 Å². The van der Waals surface area contributed by atoms with Crippen LogP contribution in [0, 0.1) is 0 Å². The van der Waals surface area contributed by atoms with Crippen molar-refractivity contribution in [2.24, 2.45) is 0 Å². The Morgan fingerprint density at radius 2 is 2.20 bits per heavy atom. The van der Waals surface area contributed by atoms with Crippen LogP contribution in [0.3, 0.4) is 0 Å². The molecule has 0 aromatic carbocycles. The Labute approximate surface area is 36.8 Å². The molecule has 0 spiro atoms. The lowest BCUT2D eigenvalue weighted by Gasteiger charge is -1.52. The van der Waals surface area contributed by atoms with E-state index in [2.05, 4.69) is 11.6 Å². The highest BCUT2D eigenvalue weighted by molar-refractivity contribution is 7.69. The second-order valence-electron chi connectivity index (χ2n) is 0.309. The van der Waals surface area contributed by atoms with E-state index >= 15 is 0 Å². The molecule has 1 nitrogen and oxygen atoms in total. The molecule has 0 aliphatic heterocycles. The zero-order valence-electron chi connectivity index (χ0n) is 2.07. The average Bonchev–Trinajstić information content (AvgIpc) is 1.38. The molecule has 0 atom stereocenters. The van der Waals surface area contributed by atoms with E-state index in [0.717, 1.165) is 0 Å². The van der Waals surface area contributed by atoms with Gasteiger partial charge in [0.25, 0.3) is 4.58 Å². The van der Waals surface area contributed by atoms with Crippen molar-refractivity contribution < 1.29 is 8.60 Å². The normalized spacial score (nSPS) is 6.80. The molecule has 0 saturated carbocycles. The number of rotatable bonds is 0. The third kappa shape index (κ3) is 4.11. The van der Waals surface area contributed by atoms with Crippen LogP contribution in [0.4, 0.5) is 4.39 Å². The van der Waals surface area contributed by atoms with E-state index in [-0.39, 0.29) is 11.3 Å². The summed E-state index contributed by atoms with van der Waals surface area (Å²) in [4.78, 5) is 0. The zero-order chi connectivity index (χ0) is 4.28. The fourth-order valence-corrected chi connectivity index (χ4v) is 0. The molecule has 0 aromatic rings. The molecule has 0 aliphatic carbocycles. The van der Waals surface area contributed by atoms with Gasteiger partial charge in [-0.15, -0.1) is 0 Å². The van der Waals surface area contributed by atoms with E-state index in [1.165, 1.54) is 0 Å². The number of hydrogen-bond donors (Lipinski definition) is 0. The number of hydrogen-bond acceptors (Lipinski definition) is 1. The minimum atomic E-state index is -1.16. The summed E-state index contributed by atoms with van der Waals surface area (Å²) in [6.07, 6.45) is 0. The smallest absolute Gasteiger partial charge is 0.208 e. The zero-order valence-corrected chi connectivity index (χ0v) is 3.64. The van der Waals surface area contributed by atoms with E-state index in [9.17, 15) is 4.39 Å². The maximum absolute atomic E-state index is 10.8. The first-order valence-corrected chi connectivity index (χ1v) is 1.87. The largest absolute Gasteiger partial charge is 0.282 e. The predicted octanol–water partition coefficient (Wildman–Crippen LogP) is 0.495. The molecule has 0 heterocycles. The topological polar surface area (TPSA) is 17.1 Å². The van der Waals surface area contributed by atoms with Gasteiger partial charge in [0, 0.05) is 0 Å². The van der Waals surface area contributed by atoms with Crippen molar-refractivity contribution in [1.29, 1.82) is 0 Å². The Kier molecular flexibility index (Phi) is 2.41. The highest BCUT2D eigenvalue weighted by Crippen LogP contribution is 1.75. The molecule has 0 N–H and O–H groups in total. The van der Waals surface area contributed by atoms with Crippen molar-refractivity contribution in [1.82, 2.24) is 0 Å². The molecular formula is CClFOS. The molecule has 0 aromatic heterocycles. The van der Waals surface area contributed by atoms with Gasteiger partial charge >= 0.3 is 0 Å². The molecule has 0 amide bonds. The molecular weight excluding hydrogens is 115 g/mol. The molecule has 4 heteroatoms. The van der Waals surface area contributed by atoms with Crippen LogP contribution >= 0.6 is 11.6 Å². The predicted molar refractivity (Wildman–Crippen MR) is 20.1 cm³/mol. The van der Waals surface area contributed by atoms with Gasteiger partial charge in [0.1, 0.15) is 11.3 Å². The standard InChI is InChI=1S/CClFOS/c2-1(3)5-4. The van der Waals surface area contributed by atoms with Crippen LogP contribution in [0.5, 0.6) is 0 Å². The van der Waals surface area contributed by atoms with Gasteiger partial charge in [-0.1, -0.05) is 0 Å². The van der Waals surface area contributed by atoms with Crippen LogP contribution in [-0.4, -0.2) is 8.79 Å². The maximum Gasteiger partial charge on any atom is 0.282 e. The summed E-state index contributed by atoms with van der Waals surface area (Å²) in [7, 11) is 0. The molecule has 0 aliphatic rings. The van der Waals surface area contributed by atoms with Crippen LogP contribution in [0.15, 0.2) is 0 Å². The Balaban J connectivity index is 3.60. The Hall–Kier alpha value is 0.110. The first-order valence-electron chi connectivity index (χ1n) is 0.749. The molecule has 5 heavy (non-hydrogen) atoms. The monoisotopic (exact) mass is 114 g/mol. The molecule has 0 rings (SSSR count). The minimum absolute atomic E-state index is 0.355. The lowest BCUT2D eigenvalue weighted by molar-refractivity contribution is 0.699. The molecule has 30 valence electrons. The summed E-state index contributed by atoms with van der Waals surface area (Å²) < 4.78 is 18.6. The van der Waals surface area contributed by atoms with Gasteiger partial charge in [-0.05, 0) is 11.6 Å². The van der Waals surface area contributed by atoms with E-state index in [1.807, 2.05) is 0 Å².